The topological polar surface area (TPSA) is 69.4 Å². The first-order valence-electron chi connectivity index (χ1n) is 10.6. The zero-order valence-corrected chi connectivity index (χ0v) is 18.8. The maximum atomic E-state index is 14.5. The minimum absolute atomic E-state index is 0.0490. The highest BCUT2D eigenvalue weighted by atomic mass is 19.1. The van der Waals surface area contributed by atoms with Gasteiger partial charge in [0.25, 0.3) is 11.5 Å². The number of amides is 1. The maximum Gasteiger partial charge on any atom is 0.296 e. The first kappa shape index (κ1) is 21.4. The number of nitrogens with zero attached hydrogens (tertiary/aromatic N) is 4. The van der Waals surface area contributed by atoms with Gasteiger partial charge in [0.1, 0.15) is 17.1 Å². The van der Waals surface area contributed by atoms with Gasteiger partial charge in [-0.2, -0.15) is 9.78 Å². The maximum absolute atomic E-state index is 14.5. The van der Waals surface area contributed by atoms with Crippen LogP contribution in [0.2, 0.25) is 0 Å². The van der Waals surface area contributed by atoms with Crippen molar-refractivity contribution in [3.8, 4) is 11.4 Å². The van der Waals surface area contributed by atoms with Crippen molar-refractivity contribution in [3.63, 3.8) is 0 Å². The second kappa shape index (κ2) is 8.15. The third-order valence-electron chi connectivity index (χ3n) is 5.98. The van der Waals surface area contributed by atoms with Crippen LogP contribution in [0.25, 0.3) is 27.5 Å². The predicted octanol–water partition coefficient (Wildman–Crippen LogP) is 4.30. The van der Waals surface area contributed by atoms with E-state index < -0.39 is 11.7 Å². The Hall–Kier alpha value is -4.46. The number of carbonyl (C=O) groups excluding carboxylic acids is 1. The molecule has 2 heterocycles. The van der Waals surface area contributed by atoms with Crippen molar-refractivity contribution in [1.82, 2.24) is 14.3 Å². The molecule has 0 unspecified atom stereocenters. The highest BCUT2D eigenvalue weighted by molar-refractivity contribution is 6.20. The van der Waals surface area contributed by atoms with Gasteiger partial charge in [0, 0.05) is 30.4 Å². The van der Waals surface area contributed by atoms with E-state index in [1.54, 1.807) is 55.1 Å². The Morgan fingerprint density at radius 1 is 1.00 bits per heavy atom. The number of para-hydroxylation sites is 2. The number of hydrogen-bond donors (Lipinski definition) is 0. The van der Waals surface area contributed by atoms with Gasteiger partial charge in [-0.3, -0.25) is 9.59 Å². The number of rotatable bonds is 4. The van der Waals surface area contributed by atoms with Crippen molar-refractivity contribution in [2.45, 2.75) is 0 Å². The molecule has 34 heavy (non-hydrogen) atoms. The van der Waals surface area contributed by atoms with E-state index in [-0.39, 0.29) is 16.9 Å². The van der Waals surface area contributed by atoms with Gasteiger partial charge in [-0.25, -0.2) is 4.39 Å². The average Bonchev–Trinajstić information content (AvgIpc) is 3.17. The lowest BCUT2D eigenvalue weighted by Gasteiger charge is -2.19. The van der Waals surface area contributed by atoms with Gasteiger partial charge in [-0.05, 0) is 42.5 Å². The van der Waals surface area contributed by atoms with Gasteiger partial charge in [0.05, 0.1) is 18.5 Å². The molecule has 0 aliphatic heterocycles. The Balaban J connectivity index is 1.83. The van der Waals surface area contributed by atoms with Crippen molar-refractivity contribution in [1.29, 1.82) is 0 Å². The Morgan fingerprint density at radius 3 is 2.38 bits per heavy atom. The standard InChI is InChI=1S/C26H21FN4O3/c1-29-20-10-6-4-8-18(20)22-23(25(32)30(2)21-11-7-5-9-19(21)27)28-31(26(33)24(22)29)16-12-14-17(34-3)15-13-16/h4-15H,1-3H3. The third-order valence-corrected chi connectivity index (χ3v) is 5.98. The summed E-state index contributed by atoms with van der Waals surface area (Å²) in [6.07, 6.45) is 0. The molecule has 8 heteroatoms. The summed E-state index contributed by atoms with van der Waals surface area (Å²) >= 11 is 0. The number of benzene rings is 3. The SMILES string of the molecule is COc1ccc(-n2nc(C(=O)N(C)c3ccccc3F)c3c4ccccc4n(C)c3c2=O)cc1. The molecule has 0 atom stereocenters. The van der Waals surface area contributed by atoms with E-state index in [1.807, 2.05) is 24.3 Å². The second-order valence-electron chi connectivity index (χ2n) is 7.88. The quantitative estimate of drug-likeness (QED) is 0.404. The molecule has 5 aromatic rings. The van der Waals surface area contributed by atoms with Gasteiger partial charge in [0.15, 0.2) is 5.69 Å². The molecule has 0 spiro atoms. The van der Waals surface area contributed by atoms with Gasteiger partial charge < -0.3 is 14.2 Å². The third kappa shape index (κ3) is 3.23. The number of aromatic nitrogens is 3. The number of hydrogen-bond acceptors (Lipinski definition) is 4. The van der Waals surface area contributed by atoms with Crippen LogP contribution in [0.1, 0.15) is 10.5 Å². The monoisotopic (exact) mass is 456 g/mol. The van der Waals surface area contributed by atoms with Crippen LogP contribution in [0.3, 0.4) is 0 Å². The summed E-state index contributed by atoms with van der Waals surface area (Å²) in [5.41, 5.74) is 1.38. The van der Waals surface area contributed by atoms with Crippen LogP contribution < -0.4 is 15.2 Å². The molecule has 170 valence electrons. The van der Waals surface area contributed by atoms with Crippen molar-refractivity contribution in [2.75, 3.05) is 19.1 Å². The molecule has 3 aromatic carbocycles. The first-order valence-corrected chi connectivity index (χ1v) is 10.6. The second-order valence-corrected chi connectivity index (χ2v) is 7.88. The normalized spacial score (nSPS) is 11.2. The number of methoxy groups -OCH3 is 1. The summed E-state index contributed by atoms with van der Waals surface area (Å²) in [7, 11) is 4.82. The molecule has 1 amide bonds. The number of halogens is 1. The Bertz CT molecular complexity index is 1620. The summed E-state index contributed by atoms with van der Waals surface area (Å²) in [6, 6.07) is 20.2. The van der Waals surface area contributed by atoms with Crippen molar-refractivity contribution >= 4 is 33.4 Å². The largest absolute Gasteiger partial charge is 0.497 e. The number of fused-ring (bicyclic) bond motifs is 3. The van der Waals surface area contributed by atoms with Gasteiger partial charge in [0.2, 0.25) is 0 Å². The number of aryl methyl sites for hydroxylation is 1. The van der Waals surface area contributed by atoms with Crippen molar-refractivity contribution in [3.05, 3.63) is 94.7 Å². The zero-order chi connectivity index (χ0) is 24.0. The van der Waals surface area contributed by atoms with Gasteiger partial charge >= 0.3 is 0 Å². The molecule has 0 aliphatic carbocycles. The lowest BCUT2D eigenvalue weighted by Crippen LogP contribution is -2.32. The summed E-state index contributed by atoms with van der Waals surface area (Å²) in [5, 5.41) is 5.65. The van der Waals surface area contributed by atoms with E-state index in [9.17, 15) is 14.0 Å². The molecule has 5 rings (SSSR count). The van der Waals surface area contributed by atoms with Crippen LogP contribution in [-0.4, -0.2) is 34.4 Å². The van der Waals surface area contributed by atoms with Crippen LogP contribution >= 0.6 is 0 Å². The van der Waals surface area contributed by atoms with E-state index in [0.717, 1.165) is 10.9 Å². The number of ether oxygens (including phenoxy) is 1. The first-order chi connectivity index (χ1) is 16.4. The van der Waals surface area contributed by atoms with Gasteiger partial charge in [-0.1, -0.05) is 30.3 Å². The Labute approximate surface area is 194 Å². The van der Waals surface area contributed by atoms with E-state index in [2.05, 4.69) is 5.10 Å². The number of anilines is 1. The molecule has 2 aromatic heterocycles. The Kier molecular flexibility index (Phi) is 5.13. The smallest absolute Gasteiger partial charge is 0.296 e. The van der Waals surface area contributed by atoms with Crippen molar-refractivity contribution in [2.24, 2.45) is 7.05 Å². The van der Waals surface area contributed by atoms with Crippen molar-refractivity contribution < 1.29 is 13.9 Å². The fraction of sp³-hybridized carbons (Fsp3) is 0.115. The average molecular weight is 456 g/mol. The van der Waals surface area contributed by atoms with Crippen LogP contribution in [-0.2, 0) is 7.05 Å². The Morgan fingerprint density at radius 2 is 1.68 bits per heavy atom. The molecule has 0 bridgehead atoms. The molecule has 0 aliphatic rings. The van der Waals surface area contributed by atoms with Crippen LogP contribution in [0.15, 0.2) is 77.6 Å². The molecule has 0 N–H and O–H groups in total. The molecule has 0 saturated carbocycles. The summed E-state index contributed by atoms with van der Waals surface area (Å²) in [4.78, 5) is 28.5. The van der Waals surface area contributed by atoms with Crippen LogP contribution in [0.4, 0.5) is 10.1 Å². The van der Waals surface area contributed by atoms with E-state index >= 15 is 0 Å². The molecule has 0 saturated heterocycles. The summed E-state index contributed by atoms with van der Waals surface area (Å²) in [6.45, 7) is 0. The molecule has 7 nitrogen and oxygen atoms in total. The van der Waals surface area contributed by atoms with E-state index in [0.29, 0.717) is 22.3 Å². The van der Waals surface area contributed by atoms with Crippen LogP contribution in [0.5, 0.6) is 5.75 Å². The molecule has 0 fully saturated rings. The minimum atomic E-state index is -0.534. The highest BCUT2D eigenvalue weighted by Crippen LogP contribution is 2.30. The fourth-order valence-electron chi connectivity index (χ4n) is 4.22. The molecular weight excluding hydrogens is 435 g/mol. The number of carbonyl (C=O) groups is 1. The lowest BCUT2D eigenvalue weighted by atomic mass is 10.1. The molecular formula is C26H21FN4O3. The lowest BCUT2D eigenvalue weighted by molar-refractivity contribution is 0.0987. The zero-order valence-electron chi connectivity index (χ0n) is 18.8. The molecule has 0 radical (unpaired) electrons. The van der Waals surface area contributed by atoms with Gasteiger partial charge in [-0.15, -0.1) is 0 Å². The summed E-state index contributed by atoms with van der Waals surface area (Å²) in [5.74, 6) is -0.442. The minimum Gasteiger partial charge on any atom is -0.497 e. The fourth-order valence-corrected chi connectivity index (χ4v) is 4.22. The van der Waals surface area contributed by atoms with Crippen LogP contribution in [0, 0.1) is 5.82 Å². The van der Waals surface area contributed by atoms with E-state index in [4.69, 9.17) is 4.74 Å². The predicted molar refractivity (Wildman–Crippen MR) is 130 cm³/mol. The highest BCUT2D eigenvalue weighted by Gasteiger charge is 2.26. The summed E-state index contributed by atoms with van der Waals surface area (Å²) < 4.78 is 22.6. The van der Waals surface area contributed by atoms with E-state index in [1.165, 1.54) is 28.8 Å².